The third-order valence-electron chi connectivity index (χ3n) is 2.95. The molecule has 6 nitrogen and oxygen atoms in total. The van der Waals surface area contributed by atoms with Gasteiger partial charge < -0.3 is 16.2 Å². The van der Waals surface area contributed by atoms with Crippen molar-refractivity contribution >= 4 is 11.7 Å². The summed E-state index contributed by atoms with van der Waals surface area (Å²) >= 11 is 0. The quantitative estimate of drug-likeness (QED) is 0.718. The van der Waals surface area contributed by atoms with Crippen LogP contribution < -0.4 is 11.1 Å². The Kier molecular flexibility index (Phi) is 5.35. The molecule has 0 unspecified atom stereocenters. The molecule has 0 bridgehead atoms. The van der Waals surface area contributed by atoms with Gasteiger partial charge in [-0.25, -0.2) is 0 Å². The Morgan fingerprint density at radius 2 is 2.00 bits per heavy atom. The summed E-state index contributed by atoms with van der Waals surface area (Å²) in [6.45, 7) is 7.16. The van der Waals surface area contributed by atoms with Gasteiger partial charge in [0.2, 0.25) is 0 Å². The van der Waals surface area contributed by atoms with Crippen LogP contribution in [0.5, 0.6) is 0 Å². The second-order valence-corrected chi connectivity index (χ2v) is 5.79. The molecule has 1 aromatic rings. The zero-order valence-corrected chi connectivity index (χ0v) is 11.9. The average Bonchev–Trinajstić information content (AvgIpc) is 2.77. The number of anilines is 1. The van der Waals surface area contributed by atoms with E-state index in [2.05, 4.69) is 10.4 Å². The number of hydrogen-bond donors (Lipinski definition) is 3. The van der Waals surface area contributed by atoms with Gasteiger partial charge in [0.1, 0.15) is 0 Å². The Hall–Kier alpha value is -1.56. The van der Waals surface area contributed by atoms with Crippen molar-refractivity contribution in [2.45, 2.75) is 39.7 Å². The maximum absolute atomic E-state index is 10.0. The number of nitrogens with two attached hydrogens (primary N) is 1. The van der Waals surface area contributed by atoms with Crippen molar-refractivity contribution in [2.24, 2.45) is 5.41 Å². The van der Waals surface area contributed by atoms with Crippen LogP contribution in [0.2, 0.25) is 0 Å². The van der Waals surface area contributed by atoms with Crippen molar-refractivity contribution in [2.75, 3.05) is 18.8 Å². The number of nitrogens with zero attached hydrogens (tertiary/aromatic N) is 2. The molecule has 1 aromatic heterocycles. The van der Waals surface area contributed by atoms with Crippen LogP contribution in [0.3, 0.4) is 0 Å². The fourth-order valence-corrected chi connectivity index (χ4v) is 1.62. The molecular weight excluding hydrogens is 244 g/mol. The predicted molar refractivity (Wildman–Crippen MR) is 74.9 cm³/mol. The summed E-state index contributed by atoms with van der Waals surface area (Å²) in [6, 6.07) is 0.545. The van der Waals surface area contributed by atoms with Crippen LogP contribution in [0.15, 0.2) is 12.4 Å². The van der Waals surface area contributed by atoms with E-state index >= 15 is 0 Å². The molecule has 1 saturated heterocycles. The Morgan fingerprint density at radius 1 is 1.47 bits per heavy atom. The zero-order valence-electron chi connectivity index (χ0n) is 11.9. The minimum Gasteiger partial charge on any atom is -0.481 e. The highest BCUT2D eigenvalue weighted by Crippen LogP contribution is 2.18. The van der Waals surface area contributed by atoms with Crippen molar-refractivity contribution in [3.05, 3.63) is 12.4 Å². The molecule has 6 heteroatoms. The molecule has 0 spiro atoms. The van der Waals surface area contributed by atoms with E-state index in [0.29, 0.717) is 6.04 Å². The van der Waals surface area contributed by atoms with Gasteiger partial charge in [0.05, 0.1) is 23.3 Å². The lowest BCUT2D eigenvalue weighted by Crippen LogP contribution is -2.29. The minimum atomic E-state index is -0.757. The van der Waals surface area contributed by atoms with E-state index in [0.717, 1.165) is 31.6 Å². The number of aliphatic carboxylic acids is 1. The average molecular weight is 268 g/mol. The fourth-order valence-electron chi connectivity index (χ4n) is 1.62. The number of carbonyl (C=O) groups is 1. The van der Waals surface area contributed by atoms with E-state index in [-0.39, 0.29) is 0 Å². The number of carboxylic acid groups (broad SMARTS) is 1. The maximum Gasteiger partial charge on any atom is 0.308 e. The monoisotopic (exact) mass is 268 g/mol. The van der Waals surface area contributed by atoms with Gasteiger partial charge in [0.25, 0.3) is 0 Å². The first-order valence-corrected chi connectivity index (χ1v) is 6.54. The molecule has 0 amide bonds. The van der Waals surface area contributed by atoms with Crippen LogP contribution in [0.4, 0.5) is 5.69 Å². The van der Waals surface area contributed by atoms with E-state index in [1.807, 2.05) is 10.9 Å². The number of hydrogen-bond acceptors (Lipinski definition) is 4. The van der Waals surface area contributed by atoms with E-state index in [1.54, 1.807) is 27.0 Å². The van der Waals surface area contributed by atoms with Gasteiger partial charge >= 0.3 is 5.97 Å². The van der Waals surface area contributed by atoms with Gasteiger partial charge in [-0.2, -0.15) is 5.10 Å². The predicted octanol–water partition coefficient (Wildman–Crippen LogP) is 1.51. The normalized spacial score (nSPS) is 16.6. The molecule has 0 aliphatic carbocycles. The molecule has 1 aliphatic heterocycles. The van der Waals surface area contributed by atoms with Crippen LogP contribution in [-0.2, 0) is 4.79 Å². The summed E-state index contributed by atoms with van der Waals surface area (Å²) in [5, 5.41) is 15.8. The lowest BCUT2D eigenvalue weighted by atomic mass is 9.98. The smallest absolute Gasteiger partial charge is 0.308 e. The van der Waals surface area contributed by atoms with E-state index < -0.39 is 11.4 Å². The highest BCUT2D eigenvalue weighted by atomic mass is 16.4. The van der Waals surface area contributed by atoms with Crippen molar-refractivity contribution in [3.63, 3.8) is 0 Å². The van der Waals surface area contributed by atoms with Gasteiger partial charge in [0, 0.05) is 6.20 Å². The number of nitrogen functional groups attached to an aromatic ring is 1. The SMILES string of the molecule is CC(C)(C)C(=O)O.Nc1cnn(C2CCNCC2)c1. The molecule has 0 aromatic carbocycles. The van der Waals surface area contributed by atoms with Gasteiger partial charge in [0.15, 0.2) is 0 Å². The molecule has 0 radical (unpaired) electrons. The summed E-state index contributed by atoms with van der Waals surface area (Å²) in [7, 11) is 0. The minimum absolute atomic E-state index is 0.545. The van der Waals surface area contributed by atoms with Crippen molar-refractivity contribution in [1.82, 2.24) is 15.1 Å². The first kappa shape index (κ1) is 15.5. The van der Waals surface area contributed by atoms with Crippen molar-refractivity contribution in [3.8, 4) is 0 Å². The van der Waals surface area contributed by atoms with Gasteiger partial charge in [-0.05, 0) is 46.7 Å². The number of piperidine rings is 1. The summed E-state index contributed by atoms with van der Waals surface area (Å²) in [4.78, 5) is 10.0. The molecule has 1 fully saturated rings. The van der Waals surface area contributed by atoms with Crippen LogP contribution in [-0.4, -0.2) is 33.9 Å². The molecule has 2 heterocycles. The van der Waals surface area contributed by atoms with Crippen molar-refractivity contribution in [1.29, 1.82) is 0 Å². The molecule has 1 aliphatic rings. The molecule has 4 N–H and O–H groups in total. The largest absolute Gasteiger partial charge is 0.481 e. The van der Waals surface area contributed by atoms with Crippen LogP contribution in [0.25, 0.3) is 0 Å². The Labute approximate surface area is 114 Å². The fraction of sp³-hybridized carbons (Fsp3) is 0.692. The molecular formula is C13H24N4O2. The van der Waals surface area contributed by atoms with E-state index in [1.165, 1.54) is 0 Å². The van der Waals surface area contributed by atoms with E-state index in [4.69, 9.17) is 10.8 Å². The molecule has 108 valence electrons. The topological polar surface area (TPSA) is 93.2 Å². The summed E-state index contributed by atoms with van der Waals surface area (Å²) in [5.41, 5.74) is 5.76. The second kappa shape index (κ2) is 6.56. The van der Waals surface area contributed by atoms with Crippen LogP contribution >= 0.6 is 0 Å². The molecule has 0 saturated carbocycles. The number of aromatic nitrogens is 2. The van der Waals surface area contributed by atoms with Gasteiger partial charge in [-0.15, -0.1) is 0 Å². The first-order chi connectivity index (χ1) is 8.80. The van der Waals surface area contributed by atoms with E-state index in [9.17, 15) is 4.79 Å². The summed E-state index contributed by atoms with van der Waals surface area (Å²) < 4.78 is 1.98. The second-order valence-electron chi connectivity index (χ2n) is 5.79. The highest BCUT2D eigenvalue weighted by molar-refractivity contribution is 5.72. The van der Waals surface area contributed by atoms with Gasteiger partial charge in [-0.1, -0.05) is 0 Å². The Morgan fingerprint density at radius 3 is 2.37 bits per heavy atom. The van der Waals surface area contributed by atoms with Crippen LogP contribution in [0, 0.1) is 5.41 Å². The zero-order chi connectivity index (χ0) is 14.5. The summed E-state index contributed by atoms with van der Waals surface area (Å²) in [6.07, 6.45) is 5.93. The maximum atomic E-state index is 10.0. The number of rotatable bonds is 1. The summed E-state index contributed by atoms with van der Waals surface area (Å²) in [5.74, 6) is -0.757. The standard InChI is InChI=1S/C8H14N4.C5H10O2/c9-7-5-11-12(6-7)8-1-3-10-4-2-8;1-5(2,3)4(6)7/h5-6,8,10H,1-4,9H2;1-3H3,(H,6,7). The first-order valence-electron chi connectivity index (χ1n) is 6.54. The Bertz CT molecular complexity index is 403. The van der Waals surface area contributed by atoms with Crippen LogP contribution in [0.1, 0.15) is 39.7 Å². The number of carboxylic acids is 1. The lowest BCUT2D eigenvalue weighted by Gasteiger charge is -2.22. The van der Waals surface area contributed by atoms with Gasteiger partial charge in [-0.3, -0.25) is 9.48 Å². The molecule has 0 atom stereocenters. The molecule has 19 heavy (non-hydrogen) atoms. The van der Waals surface area contributed by atoms with Crippen molar-refractivity contribution < 1.29 is 9.90 Å². The molecule has 2 rings (SSSR count). The third-order valence-corrected chi connectivity index (χ3v) is 2.95. The Balaban J connectivity index is 0.000000224. The lowest BCUT2D eigenvalue weighted by molar-refractivity contribution is -0.145. The number of nitrogens with one attached hydrogen (secondary N) is 1. The third kappa shape index (κ3) is 5.30. The highest BCUT2D eigenvalue weighted by Gasteiger charge is 2.18.